The monoisotopic (exact) mass is 479 g/mol. The minimum Gasteiger partial charge on any atom is -0.403 e. The highest BCUT2D eigenvalue weighted by Gasteiger charge is 2.23. The number of hydrogen-bond donors (Lipinski definition) is 6. The molecule has 0 unspecified atom stereocenters. The van der Waals surface area contributed by atoms with Gasteiger partial charge in [-0.1, -0.05) is 30.3 Å². The van der Waals surface area contributed by atoms with Crippen LogP contribution in [0.5, 0.6) is 0 Å². The van der Waals surface area contributed by atoms with E-state index in [0.717, 1.165) is 33.3 Å². The number of hydrazine groups is 1. The van der Waals surface area contributed by atoms with E-state index in [0.29, 0.717) is 23.5 Å². The Kier molecular flexibility index (Phi) is 8.50. The first-order valence-electron chi connectivity index (χ1n) is 10.5. The van der Waals surface area contributed by atoms with Gasteiger partial charge in [0.2, 0.25) is 0 Å². The van der Waals surface area contributed by atoms with E-state index < -0.39 is 5.54 Å². The third kappa shape index (κ3) is 6.49. The summed E-state index contributed by atoms with van der Waals surface area (Å²) < 4.78 is 4.14. The van der Waals surface area contributed by atoms with Crippen LogP contribution in [0.25, 0.3) is 11.1 Å². The number of hydrogen-bond acceptors (Lipinski definition) is 9. The largest absolute Gasteiger partial charge is 0.403 e. The fourth-order valence-electron chi connectivity index (χ4n) is 3.13. The molecule has 0 aliphatic rings. The van der Waals surface area contributed by atoms with Gasteiger partial charge < -0.3 is 16.5 Å². The summed E-state index contributed by atoms with van der Waals surface area (Å²) in [4.78, 5) is 16.2. The SMILES string of the molecule is CC(C)(NSN(O)c1ccc(-c2cccc(CNC(=O)c3ccncc3)c2)cc1)/C(=C/N)NN. The summed E-state index contributed by atoms with van der Waals surface area (Å²) in [6.45, 7) is 4.16. The lowest BCUT2D eigenvalue weighted by Crippen LogP contribution is -2.46. The van der Waals surface area contributed by atoms with Crippen molar-refractivity contribution in [3.8, 4) is 11.1 Å². The molecule has 0 saturated carbocycles. The topological polar surface area (TPSA) is 142 Å². The fourth-order valence-corrected chi connectivity index (χ4v) is 3.78. The second-order valence-electron chi connectivity index (χ2n) is 7.98. The van der Waals surface area contributed by atoms with E-state index in [9.17, 15) is 10.0 Å². The summed E-state index contributed by atoms with van der Waals surface area (Å²) in [6.07, 6.45) is 4.56. The molecule has 0 saturated heterocycles. The Bertz CT molecular complexity index is 1120. The Morgan fingerprint density at radius 2 is 1.82 bits per heavy atom. The van der Waals surface area contributed by atoms with Crippen LogP contribution in [0.4, 0.5) is 5.69 Å². The van der Waals surface area contributed by atoms with E-state index in [-0.39, 0.29) is 5.91 Å². The number of rotatable bonds is 10. The molecule has 0 bridgehead atoms. The number of pyridine rings is 1. The van der Waals surface area contributed by atoms with Crippen LogP contribution in [0.15, 0.2) is 85.0 Å². The van der Waals surface area contributed by atoms with E-state index in [1.807, 2.05) is 62.4 Å². The first kappa shape index (κ1) is 25.1. The molecular formula is C24H29N7O2S. The Balaban J connectivity index is 1.61. The Morgan fingerprint density at radius 1 is 1.12 bits per heavy atom. The molecule has 1 heterocycles. The zero-order valence-corrected chi connectivity index (χ0v) is 19.8. The molecule has 0 spiro atoms. The van der Waals surface area contributed by atoms with Crippen LogP contribution in [0, 0.1) is 0 Å². The lowest BCUT2D eigenvalue weighted by atomic mass is 10.0. The number of carbonyl (C=O) groups is 1. The van der Waals surface area contributed by atoms with E-state index in [1.54, 1.807) is 24.5 Å². The van der Waals surface area contributed by atoms with Crippen molar-refractivity contribution in [3.05, 3.63) is 96.1 Å². The first-order chi connectivity index (χ1) is 16.3. The van der Waals surface area contributed by atoms with Crippen LogP contribution in [0.1, 0.15) is 29.8 Å². The molecule has 2 aromatic carbocycles. The van der Waals surface area contributed by atoms with Crippen molar-refractivity contribution in [2.75, 3.05) is 4.47 Å². The van der Waals surface area contributed by atoms with Crippen LogP contribution in [-0.2, 0) is 6.54 Å². The molecule has 178 valence electrons. The summed E-state index contributed by atoms with van der Waals surface area (Å²) >= 11 is 1.01. The van der Waals surface area contributed by atoms with E-state index in [2.05, 4.69) is 20.4 Å². The molecular weight excluding hydrogens is 450 g/mol. The van der Waals surface area contributed by atoms with Gasteiger partial charge in [-0.05, 0) is 60.9 Å². The number of carbonyl (C=O) groups excluding carboxylic acids is 1. The van der Waals surface area contributed by atoms with Gasteiger partial charge in [-0.3, -0.25) is 20.8 Å². The van der Waals surface area contributed by atoms with Gasteiger partial charge in [-0.15, -0.1) is 0 Å². The van der Waals surface area contributed by atoms with Gasteiger partial charge in [0.25, 0.3) is 5.91 Å². The fraction of sp³-hybridized carbons (Fsp3) is 0.167. The number of anilines is 1. The van der Waals surface area contributed by atoms with Crippen LogP contribution in [-0.4, -0.2) is 21.6 Å². The third-order valence-corrected chi connectivity index (χ3v) is 6.11. The number of nitrogens with two attached hydrogens (primary N) is 2. The quantitative estimate of drug-likeness (QED) is 0.147. The molecule has 8 N–H and O–H groups in total. The lowest BCUT2D eigenvalue weighted by molar-refractivity contribution is 0.0951. The molecule has 0 aliphatic carbocycles. The summed E-state index contributed by atoms with van der Waals surface area (Å²) in [5.74, 6) is 5.34. The molecule has 0 radical (unpaired) electrons. The van der Waals surface area contributed by atoms with Gasteiger partial charge >= 0.3 is 0 Å². The molecule has 9 nitrogen and oxygen atoms in total. The Morgan fingerprint density at radius 3 is 2.47 bits per heavy atom. The Hall–Kier alpha value is -3.57. The second kappa shape index (κ2) is 11.5. The van der Waals surface area contributed by atoms with Crippen molar-refractivity contribution in [2.45, 2.75) is 25.9 Å². The van der Waals surface area contributed by atoms with Crippen LogP contribution in [0.2, 0.25) is 0 Å². The van der Waals surface area contributed by atoms with Crippen LogP contribution in [0.3, 0.4) is 0 Å². The molecule has 10 heteroatoms. The Labute approximate surface area is 203 Å². The van der Waals surface area contributed by atoms with Crippen molar-refractivity contribution in [3.63, 3.8) is 0 Å². The minimum atomic E-state index is -0.595. The molecule has 0 fully saturated rings. The first-order valence-corrected chi connectivity index (χ1v) is 11.3. The lowest BCUT2D eigenvalue weighted by Gasteiger charge is -2.29. The molecule has 3 aromatic rings. The highest BCUT2D eigenvalue weighted by molar-refractivity contribution is 7.98. The predicted molar refractivity (Wildman–Crippen MR) is 136 cm³/mol. The summed E-state index contributed by atoms with van der Waals surface area (Å²) in [5.41, 5.74) is 12.2. The molecule has 34 heavy (non-hydrogen) atoms. The smallest absolute Gasteiger partial charge is 0.251 e. The second-order valence-corrected chi connectivity index (χ2v) is 8.71. The number of nitrogens with zero attached hydrogens (tertiary/aromatic N) is 2. The molecule has 3 rings (SSSR count). The van der Waals surface area contributed by atoms with Crippen LogP contribution < -0.4 is 31.5 Å². The number of aromatic nitrogens is 1. The van der Waals surface area contributed by atoms with Gasteiger partial charge in [0.1, 0.15) is 0 Å². The maximum atomic E-state index is 12.3. The number of amides is 1. The highest BCUT2D eigenvalue weighted by atomic mass is 32.2. The maximum Gasteiger partial charge on any atom is 0.251 e. The number of benzene rings is 2. The van der Waals surface area contributed by atoms with Crippen molar-refractivity contribution < 1.29 is 10.0 Å². The molecule has 0 atom stereocenters. The van der Waals surface area contributed by atoms with Crippen molar-refractivity contribution in [1.29, 1.82) is 0 Å². The number of nitrogens with one attached hydrogen (secondary N) is 3. The van der Waals surface area contributed by atoms with Gasteiger partial charge in [-0.25, -0.2) is 4.72 Å². The van der Waals surface area contributed by atoms with Crippen LogP contribution >= 0.6 is 12.1 Å². The summed E-state index contributed by atoms with van der Waals surface area (Å²) in [7, 11) is 0. The van der Waals surface area contributed by atoms with Crippen molar-refractivity contribution >= 4 is 23.7 Å². The average Bonchev–Trinajstić information content (AvgIpc) is 2.87. The van der Waals surface area contributed by atoms with Gasteiger partial charge in [0.15, 0.2) is 0 Å². The summed E-state index contributed by atoms with van der Waals surface area (Å²) in [5, 5.41) is 13.3. The van der Waals surface area contributed by atoms with Crippen molar-refractivity contribution in [1.82, 2.24) is 20.4 Å². The normalized spacial score (nSPS) is 11.7. The van der Waals surface area contributed by atoms with E-state index in [1.165, 1.54) is 6.20 Å². The highest BCUT2D eigenvalue weighted by Crippen LogP contribution is 2.27. The zero-order chi connectivity index (χ0) is 24.6. The minimum absolute atomic E-state index is 0.147. The standard InChI is InChI=1S/C24H29N7O2S/c1-24(2,22(15-25)29-26)30-34-31(33)21-8-6-18(7-9-21)20-5-3-4-17(14-20)16-28-23(32)19-10-12-27-13-11-19/h3-15,29-30,33H,16,25-26H2,1-2H3,(H,28,32)/b22-15-. The van der Waals surface area contributed by atoms with Gasteiger partial charge in [-0.2, -0.15) is 4.47 Å². The predicted octanol–water partition coefficient (Wildman–Crippen LogP) is 3.07. The van der Waals surface area contributed by atoms with E-state index >= 15 is 0 Å². The third-order valence-electron chi connectivity index (χ3n) is 5.13. The summed E-state index contributed by atoms with van der Waals surface area (Å²) in [6, 6.07) is 18.8. The van der Waals surface area contributed by atoms with Gasteiger partial charge in [0, 0.05) is 30.7 Å². The molecule has 1 amide bonds. The van der Waals surface area contributed by atoms with Crippen molar-refractivity contribution in [2.24, 2.45) is 11.6 Å². The van der Waals surface area contributed by atoms with E-state index in [4.69, 9.17) is 11.6 Å². The van der Waals surface area contributed by atoms with Gasteiger partial charge in [0.05, 0.1) is 29.1 Å². The average molecular weight is 480 g/mol. The zero-order valence-electron chi connectivity index (χ0n) is 19.0. The molecule has 0 aliphatic heterocycles. The molecule has 1 aromatic heterocycles. The maximum absolute atomic E-state index is 12.3.